The van der Waals surface area contributed by atoms with Gasteiger partial charge in [-0.2, -0.15) is 5.26 Å². The van der Waals surface area contributed by atoms with Crippen LogP contribution in [0.2, 0.25) is 0 Å². The Kier molecular flexibility index (Phi) is 4.24. The number of dihydropyridines is 1. The summed E-state index contributed by atoms with van der Waals surface area (Å²) in [6, 6.07) is 4.57. The topological polar surface area (TPSA) is 85.9 Å². The van der Waals surface area contributed by atoms with Crippen molar-refractivity contribution in [3.8, 4) is 11.8 Å². The fourth-order valence-corrected chi connectivity index (χ4v) is 3.46. The van der Waals surface area contributed by atoms with Gasteiger partial charge in [-0.3, -0.25) is 9.69 Å². The highest BCUT2D eigenvalue weighted by molar-refractivity contribution is 9.11. The minimum Gasteiger partial charge on any atom is -0.506 e. The molecule has 2 heterocycles. The number of nitriles is 1. The highest BCUT2D eigenvalue weighted by atomic mass is 79.9. The first-order valence-corrected chi connectivity index (χ1v) is 8.08. The molecule has 2 atom stereocenters. The average Bonchev–Trinajstić information content (AvgIpc) is 2.57. The van der Waals surface area contributed by atoms with Gasteiger partial charge in [-0.15, -0.1) is 0 Å². The van der Waals surface area contributed by atoms with Crippen LogP contribution in [0.3, 0.4) is 0 Å². The SMILES string of the molecule is N#CC1=CC2C(N=C1)OC=CN2C(=O)c1cc(Br)c(O)c(Br)c1. The molecule has 0 spiro atoms. The number of allylic oxidation sites excluding steroid dienone is 1. The predicted molar refractivity (Wildman–Crippen MR) is 89.7 cm³/mol. The average molecular weight is 439 g/mol. The lowest BCUT2D eigenvalue weighted by atomic mass is 10.1. The van der Waals surface area contributed by atoms with Crippen molar-refractivity contribution in [1.82, 2.24) is 4.90 Å². The summed E-state index contributed by atoms with van der Waals surface area (Å²) < 4.78 is 6.18. The van der Waals surface area contributed by atoms with Crippen LogP contribution in [-0.2, 0) is 4.74 Å². The van der Waals surface area contributed by atoms with E-state index in [4.69, 9.17) is 10.00 Å². The second kappa shape index (κ2) is 6.18. The molecular formula is C15H9Br2N3O3. The largest absolute Gasteiger partial charge is 0.506 e. The quantitative estimate of drug-likeness (QED) is 0.729. The van der Waals surface area contributed by atoms with Crippen LogP contribution in [0.25, 0.3) is 0 Å². The fourth-order valence-electron chi connectivity index (χ4n) is 2.27. The van der Waals surface area contributed by atoms with E-state index in [9.17, 15) is 9.90 Å². The number of phenols is 1. The number of aromatic hydroxyl groups is 1. The van der Waals surface area contributed by atoms with Crippen molar-refractivity contribution in [1.29, 1.82) is 5.26 Å². The van der Waals surface area contributed by atoms with Gasteiger partial charge in [0, 0.05) is 18.0 Å². The molecule has 1 amide bonds. The van der Waals surface area contributed by atoms with Crippen LogP contribution in [0.15, 0.2) is 50.2 Å². The van der Waals surface area contributed by atoms with Crippen molar-refractivity contribution >= 4 is 44.0 Å². The number of fused-ring (bicyclic) bond motifs is 1. The van der Waals surface area contributed by atoms with Crippen molar-refractivity contribution in [2.75, 3.05) is 0 Å². The molecule has 1 aromatic rings. The molecular weight excluding hydrogens is 430 g/mol. The number of ether oxygens (including phenoxy) is 1. The maximum atomic E-state index is 12.8. The van der Waals surface area contributed by atoms with Gasteiger partial charge in [-0.1, -0.05) is 0 Å². The van der Waals surface area contributed by atoms with Gasteiger partial charge in [-0.05, 0) is 50.1 Å². The lowest BCUT2D eigenvalue weighted by molar-refractivity contribution is 0.0429. The Balaban J connectivity index is 1.97. The van der Waals surface area contributed by atoms with Gasteiger partial charge in [0.05, 0.1) is 14.5 Å². The van der Waals surface area contributed by atoms with Crippen LogP contribution in [0.1, 0.15) is 10.4 Å². The minimum atomic E-state index is -0.579. The third-order valence-corrected chi connectivity index (χ3v) is 4.60. The van der Waals surface area contributed by atoms with Crippen LogP contribution in [-0.4, -0.2) is 34.4 Å². The summed E-state index contributed by atoms with van der Waals surface area (Å²) in [6.45, 7) is 0. The van der Waals surface area contributed by atoms with Gasteiger partial charge in [0.15, 0.2) is 0 Å². The number of carbonyl (C=O) groups is 1. The summed E-state index contributed by atoms with van der Waals surface area (Å²) in [4.78, 5) is 18.4. The Morgan fingerprint density at radius 3 is 2.74 bits per heavy atom. The Bertz CT molecular complexity index is 788. The van der Waals surface area contributed by atoms with E-state index in [1.54, 1.807) is 6.08 Å². The zero-order valence-electron chi connectivity index (χ0n) is 11.5. The van der Waals surface area contributed by atoms with Crippen molar-refractivity contribution in [3.05, 3.63) is 50.8 Å². The fraction of sp³-hybridized carbons (Fsp3) is 0.133. The van der Waals surface area contributed by atoms with E-state index in [-0.39, 0.29) is 11.7 Å². The number of benzene rings is 1. The number of rotatable bonds is 1. The van der Waals surface area contributed by atoms with E-state index in [2.05, 4.69) is 36.9 Å². The molecule has 6 nitrogen and oxygen atoms in total. The normalized spacial score (nSPS) is 22.0. The number of halogens is 2. The van der Waals surface area contributed by atoms with E-state index in [0.717, 1.165) is 0 Å². The molecule has 116 valence electrons. The molecule has 3 rings (SSSR count). The molecule has 2 unspecified atom stereocenters. The van der Waals surface area contributed by atoms with Crippen LogP contribution < -0.4 is 0 Å². The van der Waals surface area contributed by atoms with Crippen molar-refractivity contribution < 1.29 is 14.6 Å². The Morgan fingerprint density at radius 2 is 2.09 bits per heavy atom. The Hall–Kier alpha value is -2.11. The van der Waals surface area contributed by atoms with Gasteiger partial charge in [0.25, 0.3) is 5.91 Å². The number of nitrogens with zero attached hydrogens (tertiary/aromatic N) is 3. The van der Waals surface area contributed by atoms with Crippen molar-refractivity contribution in [3.63, 3.8) is 0 Å². The summed E-state index contributed by atoms with van der Waals surface area (Å²) in [7, 11) is 0. The number of amides is 1. The summed E-state index contributed by atoms with van der Waals surface area (Å²) in [5, 5.41) is 18.8. The summed E-state index contributed by atoms with van der Waals surface area (Å²) >= 11 is 6.41. The monoisotopic (exact) mass is 437 g/mol. The first kappa shape index (κ1) is 15.8. The molecule has 0 aromatic heterocycles. The first-order chi connectivity index (χ1) is 11.0. The Labute approximate surface area is 148 Å². The van der Waals surface area contributed by atoms with E-state index >= 15 is 0 Å². The smallest absolute Gasteiger partial charge is 0.258 e. The summed E-state index contributed by atoms with van der Waals surface area (Å²) in [5.74, 6) is -0.280. The first-order valence-electron chi connectivity index (χ1n) is 6.49. The zero-order valence-corrected chi connectivity index (χ0v) is 14.7. The maximum absolute atomic E-state index is 12.8. The minimum absolute atomic E-state index is 0.0193. The maximum Gasteiger partial charge on any atom is 0.258 e. The van der Waals surface area contributed by atoms with Crippen LogP contribution >= 0.6 is 31.9 Å². The molecule has 1 N–H and O–H groups in total. The summed E-state index contributed by atoms with van der Waals surface area (Å²) in [5.41, 5.74) is 0.740. The predicted octanol–water partition coefficient (Wildman–Crippen LogP) is 3.09. The third-order valence-electron chi connectivity index (χ3n) is 3.39. The molecule has 0 aliphatic carbocycles. The molecule has 1 aromatic carbocycles. The van der Waals surface area contributed by atoms with E-state index in [1.807, 2.05) is 6.07 Å². The molecule has 8 heteroatoms. The zero-order chi connectivity index (χ0) is 16.6. The highest BCUT2D eigenvalue weighted by Gasteiger charge is 2.34. The van der Waals surface area contributed by atoms with E-state index in [0.29, 0.717) is 20.1 Å². The second-order valence-corrected chi connectivity index (χ2v) is 6.52. The van der Waals surface area contributed by atoms with Crippen molar-refractivity contribution in [2.24, 2.45) is 4.99 Å². The van der Waals surface area contributed by atoms with Gasteiger partial charge >= 0.3 is 0 Å². The number of phenolic OH excluding ortho intramolecular Hbond substituents is 1. The van der Waals surface area contributed by atoms with Crippen LogP contribution in [0, 0.1) is 11.3 Å². The molecule has 0 saturated heterocycles. The van der Waals surface area contributed by atoms with Crippen molar-refractivity contribution in [2.45, 2.75) is 12.3 Å². The lowest BCUT2D eigenvalue weighted by Gasteiger charge is -2.35. The summed E-state index contributed by atoms with van der Waals surface area (Å²) in [6.07, 6.45) is 5.39. The third kappa shape index (κ3) is 2.90. The number of hydrogen-bond donors (Lipinski definition) is 1. The Morgan fingerprint density at radius 1 is 1.39 bits per heavy atom. The van der Waals surface area contributed by atoms with E-state index in [1.165, 1.54) is 35.7 Å². The standard InChI is InChI=1S/C15H9Br2N3O3/c16-10-4-9(5-11(17)13(10)21)15(22)20-1-2-23-14-12(20)3-8(6-18)7-19-14/h1-5,7,12,14,21H. The van der Waals surface area contributed by atoms with Crippen LogP contribution in [0.5, 0.6) is 5.75 Å². The highest BCUT2D eigenvalue weighted by Crippen LogP contribution is 2.34. The van der Waals surface area contributed by atoms with Gasteiger partial charge in [-0.25, -0.2) is 4.99 Å². The number of aliphatic imine (C=N–C) groups is 1. The molecule has 0 bridgehead atoms. The molecule has 23 heavy (non-hydrogen) atoms. The second-order valence-electron chi connectivity index (χ2n) is 4.82. The molecule has 0 saturated carbocycles. The lowest BCUT2D eigenvalue weighted by Crippen LogP contribution is -2.46. The van der Waals surface area contributed by atoms with Gasteiger partial charge in [0.1, 0.15) is 24.1 Å². The molecule has 2 aliphatic rings. The van der Waals surface area contributed by atoms with Gasteiger partial charge in [0.2, 0.25) is 6.23 Å². The molecule has 0 fully saturated rings. The van der Waals surface area contributed by atoms with Crippen LogP contribution in [0.4, 0.5) is 0 Å². The molecule has 0 radical (unpaired) electrons. The van der Waals surface area contributed by atoms with Gasteiger partial charge < -0.3 is 9.84 Å². The molecule has 2 aliphatic heterocycles. The number of carbonyl (C=O) groups excluding carboxylic acids is 1. The number of hydrogen-bond acceptors (Lipinski definition) is 5. The van der Waals surface area contributed by atoms with E-state index < -0.39 is 12.3 Å².